The fraction of sp³-hybridized carbons (Fsp3) is 0.483. The van der Waals surface area contributed by atoms with Crippen LogP contribution in [0.2, 0.25) is 0 Å². The summed E-state index contributed by atoms with van der Waals surface area (Å²) >= 11 is 0. The first-order valence-electron chi connectivity index (χ1n) is 13.8. The van der Waals surface area contributed by atoms with Gasteiger partial charge >= 0.3 is 12.4 Å². The normalized spacial score (nSPS) is 16.1. The van der Waals surface area contributed by atoms with Gasteiger partial charge in [0.25, 0.3) is 0 Å². The number of hydrogen-bond acceptors (Lipinski definition) is 6. The van der Waals surface area contributed by atoms with Gasteiger partial charge in [-0.25, -0.2) is 4.98 Å². The van der Waals surface area contributed by atoms with Crippen molar-refractivity contribution in [2.45, 2.75) is 83.6 Å². The average Bonchev–Trinajstić information content (AvgIpc) is 3.84. The summed E-state index contributed by atoms with van der Waals surface area (Å²) in [5, 5.41) is 9.40. The quantitative estimate of drug-likeness (QED) is 0.196. The molecule has 3 aromatic heterocycles. The number of pyridine rings is 1. The molecular formula is C29H30F6N6O. The molecule has 0 bridgehead atoms. The molecule has 2 fully saturated rings. The Hall–Kier alpha value is -3.61. The standard InChI is InChI=1S/C29H30F6N6O/c1-16-8-26(38-42-16)40(13-18-9-20(28(30,31)32)12-21(10-18)29(33,34)35)14-19-11-24-17(2)37-39(3)27(24)36-25(19)15-41(22-4-5-22)23-6-7-23/h8-12,22-23H,4-7,13-15H2,1-3H3. The Balaban J connectivity index is 1.42. The lowest BCUT2D eigenvalue weighted by Crippen LogP contribution is -2.30. The number of alkyl halides is 6. The van der Waals surface area contributed by atoms with Gasteiger partial charge in [-0.15, -0.1) is 0 Å². The molecule has 0 unspecified atom stereocenters. The smallest absolute Gasteiger partial charge is 0.360 e. The van der Waals surface area contributed by atoms with Gasteiger partial charge in [0.05, 0.1) is 22.5 Å². The number of aromatic nitrogens is 4. The van der Waals surface area contributed by atoms with Gasteiger partial charge in [0.15, 0.2) is 11.5 Å². The topological polar surface area (TPSA) is 63.2 Å². The minimum absolute atomic E-state index is 0.138. The number of fused-ring (bicyclic) bond motifs is 1. The molecule has 4 aromatic rings. The highest BCUT2D eigenvalue weighted by atomic mass is 19.4. The molecule has 7 nitrogen and oxygen atoms in total. The van der Waals surface area contributed by atoms with E-state index in [2.05, 4.69) is 15.2 Å². The summed E-state index contributed by atoms with van der Waals surface area (Å²) in [7, 11) is 1.82. The van der Waals surface area contributed by atoms with Crippen molar-refractivity contribution in [2.75, 3.05) is 4.90 Å². The zero-order chi connectivity index (χ0) is 30.0. The Morgan fingerprint density at radius 2 is 1.48 bits per heavy atom. The molecule has 0 atom stereocenters. The Kier molecular flexibility index (Phi) is 6.98. The zero-order valence-corrected chi connectivity index (χ0v) is 23.4. The molecule has 0 radical (unpaired) electrons. The molecule has 2 aliphatic rings. The summed E-state index contributed by atoms with van der Waals surface area (Å²) in [5.41, 5.74) is 0.220. The Bertz CT molecular complexity index is 1570. The second-order valence-corrected chi connectivity index (χ2v) is 11.4. The zero-order valence-electron chi connectivity index (χ0n) is 23.4. The van der Waals surface area contributed by atoms with Crippen LogP contribution < -0.4 is 4.90 Å². The number of hydrogen-bond donors (Lipinski definition) is 0. The average molecular weight is 593 g/mol. The van der Waals surface area contributed by atoms with Crippen LogP contribution in [-0.2, 0) is 39.0 Å². The number of aryl methyl sites for hydroxylation is 3. The highest BCUT2D eigenvalue weighted by Gasteiger charge is 2.40. The van der Waals surface area contributed by atoms with E-state index in [-0.39, 0.29) is 24.7 Å². The van der Waals surface area contributed by atoms with Crippen LogP contribution >= 0.6 is 0 Å². The fourth-order valence-corrected chi connectivity index (χ4v) is 5.49. The second-order valence-electron chi connectivity index (χ2n) is 11.4. The van der Waals surface area contributed by atoms with Crippen molar-refractivity contribution < 1.29 is 30.9 Å². The van der Waals surface area contributed by atoms with Gasteiger partial charge in [-0.1, -0.05) is 5.16 Å². The monoisotopic (exact) mass is 592 g/mol. The third-order valence-electron chi connectivity index (χ3n) is 7.85. The molecule has 0 spiro atoms. The maximum Gasteiger partial charge on any atom is 0.416 e. The molecule has 0 N–H and O–H groups in total. The van der Waals surface area contributed by atoms with Crippen LogP contribution in [0.1, 0.15) is 65.1 Å². The third-order valence-corrected chi connectivity index (χ3v) is 7.85. The molecule has 2 aliphatic carbocycles. The predicted molar refractivity (Wildman–Crippen MR) is 142 cm³/mol. The minimum Gasteiger partial charge on any atom is -0.360 e. The van der Waals surface area contributed by atoms with Crippen molar-refractivity contribution in [3.05, 3.63) is 69.7 Å². The van der Waals surface area contributed by atoms with E-state index in [4.69, 9.17) is 9.51 Å². The largest absolute Gasteiger partial charge is 0.416 e. The van der Waals surface area contributed by atoms with E-state index in [9.17, 15) is 26.3 Å². The molecule has 0 saturated heterocycles. The van der Waals surface area contributed by atoms with E-state index in [1.165, 1.54) is 0 Å². The van der Waals surface area contributed by atoms with Gasteiger partial charge < -0.3 is 9.42 Å². The fourth-order valence-electron chi connectivity index (χ4n) is 5.49. The van der Waals surface area contributed by atoms with E-state index < -0.39 is 23.5 Å². The summed E-state index contributed by atoms with van der Waals surface area (Å²) in [6, 6.07) is 6.23. The van der Waals surface area contributed by atoms with Crippen LogP contribution in [0.3, 0.4) is 0 Å². The van der Waals surface area contributed by atoms with Crippen LogP contribution in [0.5, 0.6) is 0 Å². The summed E-state index contributed by atoms with van der Waals surface area (Å²) in [4.78, 5) is 9.09. The van der Waals surface area contributed by atoms with E-state index >= 15 is 0 Å². The van der Waals surface area contributed by atoms with Crippen LogP contribution in [-0.4, -0.2) is 36.9 Å². The first-order chi connectivity index (χ1) is 19.8. The van der Waals surface area contributed by atoms with E-state index in [1.54, 1.807) is 22.6 Å². The first-order valence-corrected chi connectivity index (χ1v) is 13.8. The maximum absolute atomic E-state index is 13.6. The second kappa shape index (κ2) is 10.3. The number of halogens is 6. The number of nitrogens with zero attached hydrogens (tertiary/aromatic N) is 6. The van der Waals surface area contributed by atoms with Crippen LogP contribution in [0.15, 0.2) is 34.9 Å². The Morgan fingerprint density at radius 3 is 2.00 bits per heavy atom. The van der Waals surface area contributed by atoms with Crippen molar-refractivity contribution in [3.8, 4) is 0 Å². The van der Waals surface area contributed by atoms with Gasteiger partial charge in [0.1, 0.15) is 5.76 Å². The molecule has 42 heavy (non-hydrogen) atoms. The SMILES string of the molecule is Cc1cc(N(Cc2cc(C(F)(F)F)cc(C(F)(F)F)c2)Cc2cc3c(C)nn(C)c3nc2CN(C2CC2)C2CC2)no1. The molecule has 0 amide bonds. The predicted octanol–water partition coefficient (Wildman–Crippen LogP) is 6.94. The molecule has 3 heterocycles. The van der Waals surface area contributed by atoms with Crippen molar-refractivity contribution in [3.63, 3.8) is 0 Å². The molecule has 2 saturated carbocycles. The van der Waals surface area contributed by atoms with Gasteiger partial charge in [-0.05, 0) is 74.9 Å². The maximum atomic E-state index is 13.6. The van der Waals surface area contributed by atoms with Gasteiger partial charge in [-0.3, -0.25) is 9.58 Å². The summed E-state index contributed by atoms with van der Waals surface area (Å²) in [6.07, 6.45) is -5.39. The van der Waals surface area contributed by atoms with Crippen molar-refractivity contribution >= 4 is 16.9 Å². The van der Waals surface area contributed by atoms with Gasteiger partial charge in [0, 0.05) is 50.2 Å². The molecular weight excluding hydrogens is 562 g/mol. The highest BCUT2D eigenvalue weighted by molar-refractivity contribution is 5.79. The van der Waals surface area contributed by atoms with E-state index in [0.29, 0.717) is 35.9 Å². The van der Waals surface area contributed by atoms with Crippen LogP contribution in [0.4, 0.5) is 32.2 Å². The molecule has 1 aromatic carbocycles. The summed E-state index contributed by atoms with van der Waals surface area (Å²) in [5.74, 6) is 0.759. The third kappa shape index (κ3) is 5.97. The number of anilines is 1. The molecule has 224 valence electrons. The summed E-state index contributed by atoms with van der Waals surface area (Å²) in [6.45, 7) is 4.01. The molecule has 13 heteroatoms. The van der Waals surface area contributed by atoms with Crippen molar-refractivity contribution in [1.82, 2.24) is 24.8 Å². The summed E-state index contributed by atoms with van der Waals surface area (Å²) < 4.78 is 88.7. The van der Waals surface area contributed by atoms with Crippen molar-refractivity contribution in [1.29, 1.82) is 0 Å². The highest BCUT2D eigenvalue weighted by Crippen LogP contribution is 2.40. The van der Waals surface area contributed by atoms with Gasteiger partial charge in [0.2, 0.25) is 0 Å². The van der Waals surface area contributed by atoms with Crippen molar-refractivity contribution in [2.24, 2.45) is 7.05 Å². The Labute approximate surface area is 238 Å². The van der Waals surface area contributed by atoms with E-state index in [1.807, 2.05) is 20.0 Å². The van der Waals surface area contributed by atoms with Crippen LogP contribution in [0.25, 0.3) is 11.0 Å². The lowest BCUT2D eigenvalue weighted by atomic mass is 10.0. The number of benzene rings is 1. The minimum atomic E-state index is -4.94. The van der Waals surface area contributed by atoms with E-state index in [0.717, 1.165) is 60.2 Å². The van der Waals surface area contributed by atoms with Crippen LogP contribution in [0, 0.1) is 13.8 Å². The Morgan fingerprint density at radius 1 is 0.857 bits per heavy atom. The number of rotatable bonds is 9. The van der Waals surface area contributed by atoms with Gasteiger partial charge in [-0.2, -0.15) is 31.4 Å². The lowest BCUT2D eigenvalue weighted by Gasteiger charge is -2.26. The lowest BCUT2D eigenvalue weighted by molar-refractivity contribution is -0.143. The molecule has 6 rings (SSSR count). The first kappa shape index (κ1) is 28.5. The molecule has 0 aliphatic heterocycles.